The van der Waals surface area contributed by atoms with Gasteiger partial charge in [-0.15, -0.1) is 0 Å². The van der Waals surface area contributed by atoms with Gasteiger partial charge >= 0.3 is 0 Å². The van der Waals surface area contributed by atoms with Crippen LogP contribution < -0.4 is 0 Å². The topological polar surface area (TPSA) is 26.0 Å². The second kappa shape index (κ2) is 3.34. The Morgan fingerprint density at radius 3 is 2.69 bits per heavy atom. The smallest absolute Gasteiger partial charge is 0.141 e. The predicted molar refractivity (Wildman–Crippen MR) is 65.6 cm³/mol. The number of pyridine rings is 1. The maximum absolute atomic E-state index is 5.90. The van der Waals surface area contributed by atoms with E-state index in [0.29, 0.717) is 5.92 Å². The van der Waals surface area contributed by atoms with Crippen LogP contribution in [0.5, 0.6) is 0 Å². The van der Waals surface area contributed by atoms with Gasteiger partial charge in [0.05, 0.1) is 0 Å². The van der Waals surface area contributed by atoms with Crippen molar-refractivity contribution in [2.45, 2.75) is 19.8 Å². The summed E-state index contributed by atoms with van der Waals surface area (Å²) in [6, 6.07) is 8.10. The van der Waals surface area contributed by atoms with Crippen LogP contribution in [-0.2, 0) is 0 Å². The molecule has 2 heteroatoms. The maximum atomic E-state index is 5.90. The molecule has 0 fully saturated rings. The Kier molecular flexibility index (Phi) is 1.96. The van der Waals surface area contributed by atoms with Gasteiger partial charge in [0.15, 0.2) is 0 Å². The van der Waals surface area contributed by atoms with Crippen molar-refractivity contribution in [2.24, 2.45) is 0 Å². The van der Waals surface area contributed by atoms with Crippen molar-refractivity contribution in [1.82, 2.24) is 4.98 Å². The number of furan rings is 1. The molecule has 2 heterocycles. The third-order valence-corrected chi connectivity index (χ3v) is 2.94. The van der Waals surface area contributed by atoms with Gasteiger partial charge in [0, 0.05) is 28.7 Å². The Bertz CT molecular complexity index is 652. The van der Waals surface area contributed by atoms with Crippen LogP contribution in [-0.4, -0.2) is 4.98 Å². The number of nitrogens with zero attached hydrogens (tertiary/aromatic N) is 1. The summed E-state index contributed by atoms with van der Waals surface area (Å²) in [6.07, 6.45) is 3.78. The molecule has 1 aromatic carbocycles. The highest BCUT2D eigenvalue weighted by Crippen LogP contribution is 2.32. The Hall–Kier alpha value is -1.83. The van der Waals surface area contributed by atoms with Crippen molar-refractivity contribution in [3.05, 3.63) is 42.2 Å². The Labute approximate surface area is 93.9 Å². The molecule has 0 aliphatic carbocycles. The molecule has 0 bridgehead atoms. The second-order valence-corrected chi connectivity index (χ2v) is 4.36. The number of fused-ring (bicyclic) bond motifs is 3. The molecule has 0 atom stereocenters. The SMILES string of the molecule is CC(C)c1cncc2c1oc1ccccc12. The first-order valence-corrected chi connectivity index (χ1v) is 5.52. The molecule has 0 amide bonds. The summed E-state index contributed by atoms with van der Waals surface area (Å²) in [5.41, 5.74) is 3.09. The molecule has 0 N–H and O–H groups in total. The van der Waals surface area contributed by atoms with Crippen molar-refractivity contribution in [3.8, 4) is 0 Å². The zero-order valence-electron chi connectivity index (χ0n) is 9.40. The first-order valence-electron chi connectivity index (χ1n) is 5.52. The molecule has 0 aliphatic heterocycles. The highest BCUT2D eigenvalue weighted by molar-refractivity contribution is 6.05. The van der Waals surface area contributed by atoms with Crippen molar-refractivity contribution in [3.63, 3.8) is 0 Å². The summed E-state index contributed by atoms with van der Waals surface area (Å²) < 4.78 is 5.90. The minimum Gasteiger partial charge on any atom is -0.456 e. The number of hydrogen-bond donors (Lipinski definition) is 0. The molecule has 0 saturated carbocycles. The van der Waals surface area contributed by atoms with Gasteiger partial charge in [-0.2, -0.15) is 0 Å². The van der Waals surface area contributed by atoms with Crippen LogP contribution >= 0.6 is 0 Å². The lowest BCUT2D eigenvalue weighted by atomic mass is 10.0. The maximum Gasteiger partial charge on any atom is 0.141 e. The summed E-state index contributed by atoms with van der Waals surface area (Å²) in [4.78, 5) is 4.30. The molecule has 2 aromatic heterocycles. The van der Waals surface area contributed by atoms with E-state index in [2.05, 4.69) is 24.9 Å². The lowest BCUT2D eigenvalue weighted by Gasteiger charge is -2.03. The fourth-order valence-corrected chi connectivity index (χ4v) is 2.07. The molecule has 0 spiro atoms. The molecule has 3 aromatic rings. The number of para-hydroxylation sites is 1. The van der Waals surface area contributed by atoms with E-state index in [1.807, 2.05) is 30.6 Å². The van der Waals surface area contributed by atoms with Crippen LogP contribution in [0.2, 0.25) is 0 Å². The van der Waals surface area contributed by atoms with E-state index >= 15 is 0 Å². The summed E-state index contributed by atoms with van der Waals surface area (Å²) in [6.45, 7) is 4.31. The van der Waals surface area contributed by atoms with E-state index in [1.54, 1.807) is 0 Å². The van der Waals surface area contributed by atoms with Crippen molar-refractivity contribution >= 4 is 21.9 Å². The predicted octanol–water partition coefficient (Wildman–Crippen LogP) is 4.10. The summed E-state index contributed by atoms with van der Waals surface area (Å²) in [7, 11) is 0. The van der Waals surface area contributed by atoms with E-state index < -0.39 is 0 Å². The molecule has 0 saturated heterocycles. The molecule has 2 nitrogen and oxygen atoms in total. The molecular formula is C14H13NO. The number of rotatable bonds is 1. The van der Waals surface area contributed by atoms with Crippen LogP contribution in [0.4, 0.5) is 0 Å². The zero-order chi connectivity index (χ0) is 11.1. The number of aromatic nitrogens is 1. The molecule has 16 heavy (non-hydrogen) atoms. The van der Waals surface area contributed by atoms with E-state index in [1.165, 1.54) is 5.56 Å². The fraction of sp³-hybridized carbons (Fsp3) is 0.214. The lowest BCUT2D eigenvalue weighted by Crippen LogP contribution is -1.88. The third-order valence-electron chi connectivity index (χ3n) is 2.94. The van der Waals surface area contributed by atoms with Gasteiger partial charge in [-0.05, 0) is 12.0 Å². The largest absolute Gasteiger partial charge is 0.456 e. The van der Waals surface area contributed by atoms with Gasteiger partial charge in [-0.1, -0.05) is 32.0 Å². The molecule has 0 radical (unpaired) electrons. The van der Waals surface area contributed by atoms with E-state index in [0.717, 1.165) is 21.9 Å². The third kappa shape index (κ3) is 1.23. The van der Waals surface area contributed by atoms with Crippen molar-refractivity contribution in [1.29, 1.82) is 0 Å². The Balaban J connectivity index is 2.49. The minimum absolute atomic E-state index is 0.428. The monoisotopic (exact) mass is 211 g/mol. The van der Waals surface area contributed by atoms with Crippen molar-refractivity contribution < 1.29 is 4.42 Å². The Morgan fingerprint density at radius 2 is 1.88 bits per heavy atom. The summed E-state index contributed by atoms with van der Waals surface area (Å²) >= 11 is 0. The van der Waals surface area contributed by atoms with Gasteiger partial charge in [0.1, 0.15) is 11.2 Å². The highest BCUT2D eigenvalue weighted by Gasteiger charge is 2.12. The van der Waals surface area contributed by atoms with Gasteiger partial charge in [0.2, 0.25) is 0 Å². The van der Waals surface area contributed by atoms with Crippen LogP contribution in [0.3, 0.4) is 0 Å². The van der Waals surface area contributed by atoms with E-state index in [-0.39, 0.29) is 0 Å². The average molecular weight is 211 g/mol. The highest BCUT2D eigenvalue weighted by atomic mass is 16.3. The molecule has 3 rings (SSSR count). The first kappa shape index (κ1) is 9.40. The number of benzene rings is 1. The zero-order valence-corrected chi connectivity index (χ0v) is 9.40. The van der Waals surface area contributed by atoms with Gasteiger partial charge < -0.3 is 4.42 Å². The minimum atomic E-state index is 0.428. The number of hydrogen-bond acceptors (Lipinski definition) is 2. The summed E-state index contributed by atoms with van der Waals surface area (Å²) in [5.74, 6) is 0.428. The normalized spacial score (nSPS) is 11.7. The Morgan fingerprint density at radius 1 is 1.06 bits per heavy atom. The van der Waals surface area contributed by atoms with Gasteiger partial charge in [-0.25, -0.2) is 0 Å². The standard InChI is InChI=1S/C14H13NO/c1-9(2)11-7-15-8-12-10-5-3-4-6-13(10)16-14(11)12/h3-9H,1-2H3. The van der Waals surface area contributed by atoms with E-state index in [4.69, 9.17) is 4.42 Å². The fourth-order valence-electron chi connectivity index (χ4n) is 2.07. The van der Waals surface area contributed by atoms with Crippen molar-refractivity contribution in [2.75, 3.05) is 0 Å². The van der Waals surface area contributed by atoms with Crippen LogP contribution in [0, 0.1) is 0 Å². The van der Waals surface area contributed by atoms with Crippen LogP contribution in [0.25, 0.3) is 21.9 Å². The van der Waals surface area contributed by atoms with Crippen LogP contribution in [0.15, 0.2) is 41.1 Å². The average Bonchev–Trinajstić information content (AvgIpc) is 2.67. The molecular weight excluding hydrogens is 198 g/mol. The molecule has 0 unspecified atom stereocenters. The summed E-state index contributed by atoms with van der Waals surface area (Å²) in [5, 5.41) is 2.26. The van der Waals surface area contributed by atoms with Crippen LogP contribution in [0.1, 0.15) is 25.3 Å². The molecule has 0 aliphatic rings. The van der Waals surface area contributed by atoms with Gasteiger partial charge in [0.25, 0.3) is 0 Å². The van der Waals surface area contributed by atoms with E-state index in [9.17, 15) is 0 Å². The quantitative estimate of drug-likeness (QED) is 0.605. The molecule has 80 valence electrons. The second-order valence-electron chi connectivity index (χ2n) is 4.36. The lowest BCUT2D eigenvalue weighted by molar-refractivity contribution is 0.656. The van der Waals surface area contributed by atoms with Gasteiger partial charge in [-0.3, -0.25) is 4.98 Å². The first-order chi connectivity index (χ1) is 7.77.